The Morgan fingerprint density at radius 2 is 1.40 bits per heavy atom. The molecule has 1 atom stereocenters. The van der Waals surface area contributed by atoms with Crippen molar-refractivity contribution in [2.75, 3.05) is 20.8 Å². The molecule has 2 aromatic carbocycles. The number of hydrogen-bond acceptors (Lipinski definition) is 6. The minimum absolute atomic E-state index is 0.166. The Morgan fingerprint density at radius 1 is 0.880 bits per heavy atom. The maximum absolute atomic E-state index is 10.1. The van der Waals surface area contributed by atoms with Gasteiger partial charge >= 0.3 is 0 Å². The van der Waals surface area contributed by atoms with E-state index >= 15 is 0 Å². The van der Waals surface area contributed by atoms with Crippen LogP contribution in [0, 0.1) is 0 Å². The molecule has 6 nitrogen and oxygen atoms in total. The molecule has 0 amide bonds. The average Bonchev–Trinajstić information content (AvgIpc) is 2.62. The van der Waals surface area contributed by atoms with Gasteiger partial charge in [-0.3, -0.25) is 0 Å². The number of phenols is 2. The number of para-hydroxylation sites is 2. The first-order chi connectivity index (χ1) is 12.1. The molecule has 0 spiro atoms. The van der Waals surface area contributed by atoms with E-state index in [1.807, 2.05) is 24.3 Å². The van der Waals surface area contributed by atoms with E-state index in [0.717, 1.165) is 11.1 Å². The van der Waals surface area contributed by atoms with Crippen LogP contribution in [0.2, 0.25) is 0 Å². The van der Waals surface area contributed by atoms with Crippen molar-refractivity contribution in [3.05, 3.63) is 47.5 Å². The van der Waals surface area contributed by atoms with Gasteiger partial charge in [0.05, 0.1) is 14.2 Å². The standard InChI is InChI=1S/C19H26N2O4/c1-13(21-12-15-7-5-9-17(25-3)19(15)23)10-20-11-14-6-4-8-16(24-2)18(14)22/h4-9,13,20-23H,10-12H2,1-3H3/t13-/m0/s1. The number of ether oxygens (including phenoxy) is 2. The molecule has 25 heavy (non-hydrogen) atoms. The van der Waals surface area contributed by atoms with Crippen LogP contribution in [-0.2, 0) is 13.1 Å². The van der Waals surface area contributed by atoms with E-state index in [0.29, 0.717) is 31.1 Å². The minimum Gasteiger partial charge on any atom is -0.504 e. The molecule has 4 N–H and O–H groups in total. The van der Waals surface area contributed by atoms with Crippen LogP contribution in [0.15, 0.2) is 36.4 Å². The molecule has 2 aromatic rings. The number of benzene rings is 2. The fourth-order valence-electron chi connectivity index (χ4n) is 2.53. The molecule has 136 valence electrons. The highest BCUT2D eigenvalue weighted by molar-refractivity contribution is 5.46. The van der Waals surface area contributed by atoms with Crippen LogP contribution < -0.4 is 20.1 Å². The first-order valence-electron chi connectivity index (χ1n) is 8.20. The second-order valence-electron chi connectivity index (χ2n) is 5.85. The number of hydrogen-bond donors (Lipinski definition) is 4. The largest absolute Gasteiger partial charge is 0.504 e. The summed E-state index contributed by atoms with van der Waals surface area (Å²) in [4.78, 5) is 0. The van der Waals surface area contributed by atoms with Gasteiger partial charge in [-0.25, -0.2) is 0 Å². The van der Waals surface area contributed by atoms with Crippen molar-refractivity contribution >= 4 is 0 Å². The molecule has 0 bridgehead atoms. The van der Waals surface area contributed by atoms with Crippen LogP contribution in [-0.4, -0.2) is 37.0 Å². The van der Waals surface area contributed by atoms with E-state index < -0.39 is 0 Å². The molecule has 0 heterocycles. The highest BCUT2D eigenvalue weighted by Gasteiger charge is 2.10. The van der Waals surface area contributed by atoms with Crippen LogP contribution in [0.4, 0.5) is 0 Å². The van der Waals surface area contributed by atoms with Crippen LogP contribution >= 0.6 is 0 Å². The maximum atomic E-state index is 10.1. The van der Waals surface area contributed by atoms with Crippen LogP contribution in [0.5, 0.6) is 23.0 Å². The van der Waals surface area contributed by atoms with Gasteiger partial charge in [0.15, 0.2) is 23.0 Å². The summed E-state index contributed by atoms with van der Waals surface area (Å²) in [7, 11) is 3.07. The lowest BCUT2D eigenvalue weighted by atomic mass is 10.1. The molecule has 0 aliphatic rings. The summed E-state index contributed by atoms with van der Waals surface area (Å²) in [6.45, 7) is 3.84. The Hall–Kier alpha value is -2.44. The van der Waals surface area contributed by atoms with E-state index in [1.165, 1.54) is 14.2 Å². The van der Waals surface area contributed by atoms with Crippen molar-refractivity contribution in [3.8, 4) is 23.0 Å². The number of rotatable bonds is 9. The minimum atomic E-state index is 0.166. The molecule has 0 unspecified atom stereocenters. The number of nitrogens with one attached hydrogen (secondary N) is 2. The van der Waals surface area contributed by atoms with Crippen molar-refractivity contribution < 1.29 is 19.7 Å². The van der Waals surface area contributed by atoms with E-state index in [1.54, 1.807) is 12.1 Å². The molecule has 0 saturated heterocycles. The zero-order valence-corrected chi connectivity index (χ0v) is 14.9. The van der Waals surface area contributed by atoms with Crippen molar-refractivity contribution in [1.29, 1.82) is 0 Å². The lowest BCUT2D eigenvalue weighted by Crippen LogP contribution is -2.35. The predicted molar refractivity (Wildman–Crippen MR) is 97.3 cm³/mol. The second kappa shape index (κ2) is 9.15. The number of aromatic hydroxyl groups is 2. The molecular formula is C19H26N2O4. The van der Waals surface area contributed by atoms with Gasteiger partial charge in [-0.15, -0.1) is 0 Å². The van der Waals surface area contributed by atoms with Crippen molar-refractivity contribution in [1.82, 2.24) is 10.6 Å². The first-order valence-corrected chi connectivity index (χ1v) is 8.20. The maximum Gasteiger partial charge on any atom is 0.162 e. The lowest BCUT2D eigenvalue weighted by Gasteiger charge is -2.16. The van der Waals surface area contributed by atoms with Gasteiger partial charge in [0.25, 0.3) is 0 Å². The molecule has 0 aliphatic heterocycles. The molecule has 2 rings (SSSR count). The highest BCUT2D eigenvalue weighted by atomic mass is 16.5. The van der Waals surface area contributed by atoms with E-state index in [9.17, 15) is 10.2 Å². The summed E-state index contributed by atoms with van der Waals surface area (Å²) >= 11 is 0. The summed E-state index contributed by atoms with van der Waals surface area (Å²) in [5.74, 6) is 1.27. The molecule has 0 aliphatic carbocycles. The monoisotopic (exact) mass is 346 g/mol. The molecule has 0 radical (unpaired) electrons. The first kappa shape index (κ1) is 18.9. The smallest absolute Gasteiger partial charge is 0.162 e. The van der Waals surface area contributed by atoms with Crippen molar-refractivity contribution in [2.45, 2.75) is 26.1 Å². The Balaban J connectivity index is 1.81. The van der Waals surface area contributed by atoms with Crippen LogP contribution in [0.3, 0.4) is 0 Å². The van der Waals surface area contributed by atoms with Gasteiger partial charge in [-0.05, 0) is 19.1 Å². The molecule has 0 saturated carbocycles. The normalized spacial score (nSPS) is 12.0. The van der Waals surface area contributed by atoms with Gasteiger partial charge in [0.1, 0.15) is 0 Å². The zero-order valence-electron chi connectivity index (χ0n) is 14.9. The summed E-state index contributed by atoms with van der Waals surface area (Å²) < 4.78 is 10.2. The van der Waals surface area contributed by atoms with Gasteiger partial charge in [-0.1, -0.05) is 24.3 Å². The second-order valence-corrected chi connectivity index (χ2v) is 5.85. The highest BCUT2D eigenvalue weighted by Crippen LogP contribution is 2.30. The quantitative estimate of drug-likeness (QED) is 0.558. The average molecular weight is 346 g/mol. The third-order valence-corrected chi connectivity index (χ3v) is 4.01. The summed E-state index contributed by atoms with van der Waals surface area (Å²) in [6.07, 6.45) is 0. The van der Waals surface area contributed by atoms with E-state index in [-0.39, 0.29) is 17.5 Å². The molecule has 0 fully saturated rings. The fraction of sp³-hybridized carbons (Fsp3) is 0.368. The third-order valence-electron chi connectivity index (χ3n) is 4.01. The third kappa shape index (κ3) is 5.01. The lowest BCUT2D eigenvalue weighted by molar-refractivity contribution is 0.367. The Bertz CT molecular complexity index is 691. The van der Waals surface area contributed by atoms with Crippen LogP contribution in [0.25, 0.3) is 0 Å². The molecular weight excluding hydrogens is 320 g/mol. The summed E-state index contributed by atoms with van der Waals surface area (Å²) in [6, 6.07) is 11.1. The van der Waals surface area contributed by atoms with Crippen LogP contribution in [0.1, 0.15) is 18.1 Å². The van der Waals surface area contributed by atoms with E-state index in [4.69, 9.17) is 9.47 Å². The predicted octanol–water partition coefficient (Wildman–Crippen LogP) is 2.38. The fourth-order valence-corrected chi connectivity index (χ4v) is 2.53. The zero-order chi connectivity index (χ0) is 18.2. The van der Waals surface area contributed by atoms with Crippen molar-refractivity contribution in [3.63, 3.8) is 0 Å². The Labute approximate surface area is 148 Å². The molecule has 0 aromatic heterocycles. The van der Waals surface area contributed by atoms with Gasteiger partial charge in [0.2, 0.25) is 0 Å². The van der Waals surface area contributed by atoms with Gasteiger partial charge < -0.3 is 30.3 Å². The SMILES string of the molecule is COc1cccc(CNC[C@H](C)NCc2cccc(OC)c2O)c1O. The Morgan fingerprint density at radius 3 is 1.92 bits per heavy atom. The number of phenolic OH excluding ortho intramolecular Hbond substituents is 2. The van der Waals surface area contributed by atoms with Gasteiger partial charge in [-0.2, -0.15) is 0 Å². The Kier molecular flexibility index (Phi) is 6.91. The van der Waals surface area contributed by atoms with Gasteiger partial charge in [0, 0.05) is 36.8 Å². The van der Waals surface area contributed by atoms with Crippen molar-refractivity contribution in [2.24, 2.45) is 0 Å². The number of methoxy groups -OCH3 is 2. The van der Waals surface area contributed by atoms with E-state index in [2.05, 4.69) is 17.6 Å². The molecule has 6 heteroatoms. The summed E-state index contributed by atoms with van der Waals surface area (Å²) in [5, 5.41) is 26.8. The topological polar surface area (TPSA) is 83.0 Å². The summed E-state index contributed by atoms with van der Waals surface area (Å²) in [5.41, 5.74) is 1.58.